The number of piperidine rings is 1. The maximum Gasteiger partial charge on any atom is 0.249 e. The van der Waals surface area contributed by atoms with Crippen molar-refractivity contribution in [3.8, 4) is 6.07 Å². The van der Waals surface area contributed by atoms with Gasteiger partial charge in [0.25, 0.3) is 0 Å². The van der Waals surface area contributed by atoms with E-state index in [1.165, 1.54) is 23.4 Å². The normalized spacial score (nSPS) is 17.7. The number of hydrogen-bond donors (Lipinski definition) is 1. The van der Waals surface area contributed by atoms with E-state index in [1.807, 2.05) is 6.07 Å². The van der Waals surface area contributed by atoms with Crippen LogP contribution in [0.25, 0.3) is 0 Å². The average molecular weight is 311 g/mol. The lowest BCUT2D eigenvalue weighted by Gasteiger charge is -2.33. The fourth-order valence-electron chi connectivity index (χ4n) is 2.56. The van der Waals surface area contributed by atoms with Gasteiger partial charge in [-0.05, 0) is 25.0 Å². The summed E-state index contributed by atoms with van der Waals surface area (Å²) < 4.78 is 13.9. The van der Waals surface area contributed by atoms with E-state index in [-0.39, 0.29) is 17.3 Å². The van der Waals surface area contributed by atoms with Gasteiger partial charge in [-0.2, -0.15) is 5.26 Å². The van der Waals surface area contributed by atoms with Gasteiger partial charge in [-0.1, -0.05) is 12.1 Å². The first-order valence-electron chi connectivity index (χ1n) is 7.23. The third kappa shape index (κ3) is 3.11. The summed E-state index contributed by atoms with van der Waals surface area (Å²) in [5.41, 5.74) is 0.494. The Morgan fingerprint density at radius 2 is 2.13 bits per heavy atom. The van der Waals surface area contributed by atoms with Gasteiger partial charge < -0.3 is 10.2 Å². The lowest BCUT2D eigenvalue weighted by atomic mass is 10.0. The zero-order valence-electron chi connectivity index (χ0n) is 12.2. The molecule has 1 amide bonds. The number of nitrogens with zero attached hydrogens (tertiary/aromatic N) is 4. The number of benzene rings is 1. The van der Waals surface area contributed by atoms with Crippen molar-refractivity contribution >= 4 is 17.4 Å². The van der Waals surface area contributed by atoms with Crippen LogP contribution in [0, 0.1) is 17.1 Å². The molecule has 0 aliphatic carbocycles. The maximum atomic E-state index is 13.9. The molecular weight excluding hydrogens is 297 g/mol. The molecule has 6 nitrogen and oxygen atoms in total. The van der Waals surface area contributed by atoms with Crippen LogP contribution < -0.4 is 10.2 Å². The first-order chi connectivity index (χ1) is 11.2. The molecule has 1 N–H and O–H groups in total. The SMILES string of the molecule is N#Cc1cnc(N[C@@H]2CCCN(c3ccccc3F)C2=O)cn1. The Balaban J connectivity index is 1.77. The zero-order valence-corrected chi connectivity index (χ0v) is 12.2. The molecule has 3 rings (SSSR count). The molecule has 0 spiro atoms. The van der Waals surface area contributed by atoms with E-state index in [0.29, 0.717) is 18.8 Å². The molecule has 1 aliphatic heterocycles. The monoisotopic (exact) mass is 311 g/mol. The summed E-state index contributed by atoms with van der Waals surface area (Å²) >= 11 is 0. The Kier molecular flexibility index (Phi) is 4.15. The van der Waals surface area contributed by atoms with Crippen LogP contribution in [-0.2, 0) is 4.79 Å². The molecule has 2 aromatic rings. The van der Waals surface area contributed by atoms with Gasteiger partial charge in [-0.25, -0.2) is 14.4 Å². The Morgan fingerprint density at radius 3 is 2.83 bits per heavy atom. The van der Waals surface area contributed by atoms with Crippen molar-refractivity contribution in [1.29, 1.82) is 5.26 Å². The first-order valence-corrected chi connectivity index (χ1v) is 7.23. The van der Waals surface area contributed by atoms with Crippen molar-refractivity contribution in [2.45, 2.75) is 18.9 Å². The van der Waals surface area contributed by atoms with Gasteiger partial charge in [-0.15, -0.1) is 0 Å². The van der Waals surface area contributed by atoms with Crippen molar-refractivity contribution in [1.82, 2.24) is 9.97 Å². The molecule has 2 heterocycles. The van der Waals surface area contributed by atoms with Crippen molar-refractivity contribution in [3.63, 3.8) is 0 Å². The summed E-state index contributed by atoms with van der Waals surface area (Å²) in [5, 5.41) is 11.7. The van der Waals surface area contributed by atoms with Gasteiger partial charge in [0, 0.05) is 6.54 Å². The first kappa shape index (κ1) is 14.9. The molecule has 1 atom stereocenters. The van der Waals surface area contributed by atoms with Gasteiger partial charge in [0.1, 0.15) is 23.7 Å². The van der Waals surface area contributed by atoms with Crippen LogP contribution in [0.3, 0.4) is 0 Å². The standard InChI is InChI=1S/C16H14FN5O/c17-12-4-1-2-6-14(12)22-7-3-5-13(16(22)23)21-15-10-19-11(8-18)9-20-15/h1-2,4,6,9-10,13H,3,5,7H2,(H,20,21)/t13-/m1/s1. The molecular formula is C16H14FN5O. The predicted octanol–water partition coefficient (Wildman–Crippen LogP) is 2.09. The van der Waals surface area contributed by atoms with Crippen molar-refractivity contribution in [2.24, 2.45) is 0 Å². The van der Waals surface area contributed by atoms with Crippen LogP contribution >= 0.6 is 0 Å². The molecule has 1 aromatic heterocycles. The Hall–Kier alpha value is -3.01. The number of amides is 1. The number of hydrogen-bond acceptors (Lipinski definition) is 5. The van der Waals surface area contributed by atoms with Crippen LogP contribution in [-0.4, -0.2) is 28.5 Å². The smallest absolute Gasteiger partial charge is 0.249 e. The van der Waals surface area contributed by atoms with E-state index in [0.717, 1.165) is 6.42 Å². The molecule has 23 heavy (non-hydrogen) atoms. The highest BCUT2D eigenvalue weighted by atomic mass is 19.1. The number of carbonyl (C=O) groups is 1. The summed E-state index contributed by atoms with van der Waals surface area (Å²) in [7, 11) is 0. The summed E-state index contributed by atoms with van der Waals surface area (Å²) in [6.45, 7) is 0.483. The lowest BCUT2D eigenvalue weighted by molar-refractivity contribution is -0.120. The molecule has 1 aromatic carbocycles. The van der Waals surface area contributed by atoms with Crippen LogP contribution in [0.2, 0.25) is 0 Å². The van der Waals surface area contributed by atoms with Gasteiger partial charge in [0.05, 0.1) is 18.1 Å². The highest BCUT2D eigenvalue weighted by Crippen LogP contribution is 2.25. The Morgan fingerprint density at radius 1 is 1.30 bits per heavy atom. The molecule has 1 fully saturated rings. The molecule has 1 aliphatic rings. The number of nitrogens with one attached hydrogen (secondary N) is 1. The predicted molar refractivity (Wildman–Crippen MR) is 82.1 cm³/mol. The van der Waals surface area contributed by atoms with E-state index < -0.39 is 11.9 Å². The number of carbonyl (C=O) groups excluding carboxylic acids is 1. The second-order valence-corrected chi connectivity index (χ2v) is 5.18. The lowest BCUT2D eigenvalue weighted by Crippen LogP contribution is -2.48. The fourth-order valence-corrected chi connectivity index (χ4v) is 2.56. The second kappa shape index (κ2) is 6.40. The van der Waals surface area contributed by atoms with Gasteiger partial charge >= 0.3 is 0 Å². The molecule has 1 saturated heterocycles. The Labute approximate surface area is 132 Å². The van der Waals surface area contributed by atoms with Crippen LogP contribution in [0.5, 0.6) is 0 Å². The highest BCUT2D eigenvalue weighted by molar-refractivity contribution is 5.99. The topological polar surface area (TPSA) is 81.9 Å². The largest absolute Gasteiger partial charge is 0.357 e. The van der Waals surface area contributed by atoms with Crippen molar-refractivity contribution < 1.29 is 9.18 Å². The minimum Gasteiger partial charge on any atom is -0.357 e. The van der Waals surface area contributed by atoms with Crippen LogP contribution in [0.15, 0.2) is 36.7 Å². The van der Waals surface area contributed by atoms with E-state index in [9.17, 15) is 9.18 Å². The minimum absolute atomic E-state index is 0.201. The van der Waals surface area contributed by atoms with E-state index in [4.69, 9.17) is 5.26 Å². The molecule has 7 heteroatoms. The summed E-state index contributed by atoms with van der Waals surface area (Å²) in [6, 6.07) is 7.62. The quantitative estimate of drug-likeness (QED) is 0.938. The number of rotatable bonds is 3. The second-order valence-electron chi connectivity index (χ2n) is 5.18. The molecule has 116 valence electrons. The summed E-state index contributed by atoms with van der Waals surface area (Å²) in [5.74, 6) is -0.204. The summed E-state index contributed by atoms with van der Waals surface area (Å²) in [4.78, 5) is 22.0. The number of para-hydroxylation sites is 1. The third-order valence-corrected chi connectivity index (χ3v) is 3.67. The van der Waals surface area contributed by atoms with Crippen LogP contribution in [0.4, 0.5) is 15.9 Å². The van der Waals surface area contributed by atoms with Gasteiger partial charge in [-0.3, -0.25) is 4.79 Å². The molecule has 0 radical (unpaired) electrons. The molecule has 0 bridgehead atoms. The number of halogens is 1. The van der Waals surface area contributed by atoms with Gasteiger partial charge in [0.15, 0.2) is 5.69 Å². The number of nitriles is 1. The fraction of sp³-hybridized carbons (Fsp3) is 0.250. The molecule has 0 saturated carbocycles. The van der Waals surface area contributed by atoms with E-state index in [2.05, 4.69) is 15.3 Å². The number of aromatic nitrogens is 2. The van der Waals surface area contributed by atoms with Crippen molar-refractivity contribution in [2.75, 3.05) is 16.8 Å². The van der Waals surface area contributed by atoms with Crippen LogP contribution in [0.1, 0.15) is 18.5 Å². The average Bonchev–Trinajstić information content (AvgIpc) is 2.58. The third-order valence-electron chi connectivity index (χ3n) is 3.67. The van der Waals surface area contributed by atoms with Gasteiger partial charge in [0.2, 0.25) is 5.91 Å². The zero-order chi connectivity index (χ0) is 16.2. The van der Waals surface area contributed by atoms with E-state index in [1.54, 1.807) is 18.2 Å². The molecule has 0 unspecified atom stereocenters. The van der Waals surface area contributed by atoms with Crippen molar-refractivity contribution in [3.05, 3.63) is 48.2 Å². The van der Waals surface area contributed by atoms with E-state index >= 15 is 0 Å². The minimum atomic E-state index is -0.495. The number of anilines is 2. The highest BCUT2D eigenvalue weighted by Gasteiger charge is 2.31. The summed E-state index contributed by atoms with van der Waals surface area (Å²) in [6.07, 6.45) is 4.13. The maximum absolute atomic E-state index is 13.9. The Bertz CT molecular complexity index is 756.